The zero-order valence-corrected chi connectivity index (χ0v) is 7.03. The largest absolute Gasteiger partial charge is 0.506 e. The van der Waals surface area contributed by atoms with Crippen molar-refractivity contribution in [2.75, 3.05) is 6.54 Å². The fourth-order valence-electron chi connectivity index (χ4n) is 1.52. The van der Waals surface area contributed by atoms with Gasteiger partial charge in [0.15, 0.2) is 0 Å². The first kappa shape index (κ1) is 8.04. The highest BCUT2D eigenvalue weighted by Crippen LogP contribution is 2.27. The van der Waals surface area contributed by atoms with Crippen molar-refractivity contribution in [3.63, 3.8) is 0 Å². The Labute approximate surface area is 75.6 Å². The predicted octanol–water partition coefficient (Wildman–Crippen LogP) is 0.391. The maximum Gasteiger partial charge on any atom is 0.220 e. The average molecular weight is 178 g/mol. The molecule has 4 nitrogen and oxygen atoms in total. The molecule has 1 unspecified atom stereocenters. The lowest BCUT2D eigenvalue weighted by Gasteiger charge is -2.07. The molecule has 0 aromatic carbocycles. The summed E-state index contributed by atoms with van der Waals surface area (Å²) in [6, 6.07) is 3.26. The summed E-state index contributed by atoms with van der Waals surface area (Å²) in [6.45, 7) is 0.573. The van der Waals surface area contributed by atoms with E-state index in [2.05, 4.69) is 10.3 Å². The van der Waals surface area contributed by atoms with Crippen LogP contribution < -0.4 is 5.32 Å². The third-order valence-corrected chi connectivity index (χ3v) is 2.18. The van der Waals surface area contributed by atoms with Crippen LogP contribution in [-0.2, 0) is 4.79 Å². The number of nitrogens with zero attached hydrogens (tertiary/aromatic N) is 1. The van der Waals surface area contributed by atoms with Crippen molar-refractivity contribution in [1.29, 1.82) is 0 Å². The summed E-state index contributed by atoms with van der Waals surface area (Å²) in [5.74, 6) is 0.216. The van der Waals surface area contributed by atoms with Crippen molar-refractivity contribution in [2.24, 2.45) is 0 Å². The van der Waals surface area contributed by atoms with E-state index in [-0.39, 0.29) is 17.6 Å². The molecule has 0 spiro atoms. The molecule has 1 aliphatic heterocycles. The highest BCUT2D eigenvalue weighted by atomic mass is 16.3. The molecule has 1 saturated heterocycles. The van der Waals surface area contributed by atoms with Crippen molar-refractivity contribution < 1.29 is 9.90 Å². The van der Waals surface area contributed by atoms with E-state index in [0.717, 1.165) is 0 Å². The molecule has 2 rings (SSSR count). The zero-order chi connectivity index (χ0) is 9.26. The van der Waals surface area contributed by atoms with Gasteiger partial charge in [-0.2, -0.15) is 0 Å². The summed E-state index contributed by atoms with van der Waals surface area (Å²) >= 11 is 0. The Morgan fingerprint density at radius 1 is 1.62 bits per heavy atom. The Balaban J connectivity index is 2.26. The van der Waals surface area contributed by atoms with Crippen LogP contribution in [0.3, 0.4) is 0 Å². The third kappa shape index (κ3) is 1.47. The highest BCUT2D eigenvalue weighted by molar-refractivity contribution is 5.79. The van der Waals surface area contributed by atoms with E-state index in [9.17, 15) is 9.90 Å². The molecular weight excluding hydrogens is 168 g/mol. The van der Waals surface area contributed by atoms with Crippen LogP contribution in [-0.4, -0.2) is 22.5 Å². The maximum absolute atomic E-state index is 10.9. The number of hydrogen-bond donors (Lipinski definition) is 2. The molecule has 2 heterocycles. The van der Waals surface area contributed by atoms with Crippen LogP contribution >= 0.6 is 0 Å². The lowest BCUT2D eigenvalue weighted by atomic mass is 10.0. The van der Waals surface area contributed by atoms with E-state index >= 15 is 0 Å². The molecule has 4 heteroatoms. The molecule has 1 aromatic rings. The van der Waals surface area contributed by atoms with Gasteiger partial charge in [-0.1, -0.05) is 0 Å². The van der Waals surface area contributed by atoms with E-state index < -0.39 is 0 Å². The standard InChI is InChI=1S/C9H10N2O2/c12-7-2-1-3-10-9(7)6-4-8(13)11-5-6/h1-3,6,12H,4-5H2,(H,11,13). The second-order valence-electron chi connectivity index (χ2n) is 3.11. The van der Waals surface area contributed by atoms with Gasteiger partial charge in [-0.3, -0.25) is 9.78 Å². The minimum atomic E-state index is 0.0219. The summed E-state index contributed by atoms with van der Waals surface area (Å²) in [7, 11) is 0. The Morgan fingerprint density at radius 2 is 2.46 bits per heavy atom. The first-order valence-electron chi connectivity index (χ1n) is 4.18. The predicted molar refractivity (Wildman–Crippen MR) is 46.3 cm³/mol. The fraction of sp³-hybridized carbons (Fsp3) is 0.333. The molecule has 1 amide bonds. The molecule has 1 aliphatic rings. The zero-order valence-electron chi connectivity index (χ0n) is 7.03. The van der Waals surface area contributed by atoms with Gasteiger partial charge in [-0.05, 0) is 12.1 Å². The van der Waals surface area contributed by atoms with E-state index in [4.69, 9.17) is 0 Å². The SMILES string of the molecule is O=C1CC(c2ncccc2O)CN1. The van der Waals surface area contributed by atoms with Gasteiger partial charge in [0, 0.05) is 25.1 Å². The van der Waals surface area contributed by atoms with Crippen LogP contribution in [0.2, 0.25) is 0 Å². The summed E-state index contributed by atoms with van der Waals surface area (Å²) in [6.07, 6.45) is 2.04. The molecule has 0 aliphatic carbocycles. The van der Waals surface area contributed by atoms with E-state index in [0.29, 0.717) is 18.7 Å². The second-order valence-corrected chi connectivity index (χ2v) is 3.11. The summed E-state index contributed by atoms with van der Waals surface area (Å²) in [5.41, 5.74) is 0.612. The topological polar surface area (TPSA) is 62.2 Å². The molecule has 68 valence electrons. The van der Waals surface area contributed by atoms with Gasteiger partial charge < -0.3 is 10.4 Å². The van der Waals surface area contributed by atoms with E-state index in [1.807, 2.05) is 0 Å². The molecule has 1 aromatic heterocycles. The van der Waals surface area contributed by atoms with Crippen molar-refractivity contribution in [1.82, 2.24) is 10.3 Å². The first-order chi connectivity index (χ1) is 6.27. The van der Waals surface area contributed by atoms with Crippen LogP contribution in [0.4, 0.5) is 0 Å². The third-order valence-electron chi connectivity index (χ3n) is 2.18. The van der Waals surface area contributed by atoms with Crippen LogP contribution in [0, 0.1) is 0 Å². The van der Waals surface area contributed by atoms with Crippen molar-refractivity contribution in [2.45, 2.75) is 12.3 Å². The van der Waals surface area contributed by atoms with Gasteiger partial charge >= 0.3 is 0 Å². The van der Waals surface area contributed by atoms with E-state index in [1.54, 1.807) is 18.3 Å². The molecule has 1 atom stereocenters. The minimum Gasteiger partial charge on any atom is -0.506 e. The minimum absolute atomic E-state index is 0.0219. The number of amides is 1. The number of carbonyl (C=O) groups is 1. The molecule has 2 N–H and O–H groups in total. The number of hydrogen-bond acceptors (Lipinski definition) is 3. The number of carbonyl (C=O) groups excluding carboxylic acids is 1. The number of pyridine rings is 1. The molecule has 0 radical (unpaired) electrons. The van der Waals surface area contributed by atoms with Gasteiger partial charge in [-0.25, -0.2) is 0 Å². The number of rotatable bonds is 1. The monoisotopic (exact) mass is 178 g/mol. The molecule has 0 saturated carbocycles. The smallest absolute Gasteiger partial charge is 0.220 e. The molecule has 1 fully saturated rings. The Kier molecular flexibility index (Phi) is 1.88. The summed E-state index contributed by atoms with van der Waals surface area (Å²) in [5, 5.41) is 12.2. The van der Waals surface area contributed by atoms with Crippen molar-refractivity contribution in [3.05, 3.63) is 24.0 Å². The van der Waals surface area contributed by atoms with Gasteiger partial charge in [0.05, 0.1) is 5.69 Å². The lowest BCUT2D eigenvalue weighted by molar-refractivity contribution is -0.119. The van der Waals surface area contributed by atoms with Crippen LogP contribution in [0.25, 0.3) is 0 Å². The maximum atomic E-state index is 10.9. The Morgan fingerprint density at radius 3 is 3.08 bits per heavy atom. The highest BCUT2D eigenvalue weighted by Gasteiger charge is 2.25. The fourth-order valence-corrected chi connectivity index (χ4v) is 1.52. The Hall–Kier alpha value is -1.58. The van der Waals surface area contributed by atoms with Crippen LogP contribution in [0.1, 0.15) is 18.0 Å². The quantitative estimate of drug-likeness (QED) is 0.654. The van der Waals surface area contributed by atoms with Gasteiger partial charge in [0.2, 0.25) is 5.91 Å². The number of aromatic hydroxyl groups is 1. The van der Waals surface area contributed by atoms with Crippen molar-refractivity contribution in [3.8, 4) is 5.75 Å². The number of aromatic nitrogens is 1. The average Bonchev–Trinajstić information content (AvgIpc) is 2.53. The van der Waals surface area contributed by atoms with E-state index in [1.165, 1.54) is 0 Å². The molecular formula is C9H10N2O2. The van der Waals surface area contributed by atoms with Gasteiger partial charge in [0.1, 0.15) is 5.75 Å². The first-order valence-corrected chi connectivity index (χ1v) is 4.18. The van der Waals surface area contributed by atoms with Crippen LogP contribution in [0.5, 0.6) is 5.75 Å². The van der Waals surface area contributed by atoms with Gasteiger partial charge in [0.25, 0.3) is 0 Å². The van der Waals surface area contributed by atoms with Gasteiger partial charge in [-0.15, -0.1) is 0 Å². The normalized spacial score (nSPS) is 21.5. The second kappa shape index (κ2) is 3.05. The number of nitrogens with one attached hydrogen (secondary N) is 1. The van der Waals surface area contributed by atoms with Crippen LogP contribution in [0.15, 0.2) is 18.3 Å². The summed E-state index contributed by atoms with van der Waals surface area (Å²) < 4.78 is 0. The Bertz CT molecular complexity index is 338. The van der Waals surface area contributed by atoms with Crippen molar-refractivity contribution >= 4 is 5.91 Å². The summed E-state index contributed by atoms with van der Waals surface area (Å²) in [4.78, 5) is 15.0. The molecule has 0 bridgehead atoms. The molecule has 13 heavy (non-hydrogen) atoms. The lowest BCUT2D eigenvalue weighted by Crippen LogP contribution is -2.13.